The van der Waals surface area contributed by atoms with Crippen LogP contribution in [-0.2, 0) is 0 Å². The third-order valence-corrected chi connectivity index (χ3v) is 5.29. The van der Waals surface area contributed by atoms with Crippen molar-refractivity contribution < 1.29 is 9.59 Å². The third kappa shape index (κ3) is 3.86. The van der Waals surface area contributed by atoms with Crippen LogP contribution in [0.5, 0.6) is 0 Å². The van der Waals surface area contributed by atoms with Crippen LogP contribution in [0.15, 0.2) is 48.5 Å². The highest BCUT2D eigenvalue weighted by Gasteiger charge is 2.27. The molecule has 136 valence electrons. The maximum atomic E-state index is 13.0. The van der Waals surface area contributed by atoms with Gasteiger partial charge in [-0.3, -0.25) is 9.59 Å². The van der Waals surface area contributed by atoms with Crippen molar-refractivity contribution in [1.29, 1.82) is 0 Å². The van der Waals surface area contributed by atoms with Gasteiger partial charge in [-0.25, -0.2) is 0 Å². The van der Waals surface area contributed by atoms with E-state index in [4.69, 9.17) is 5.73 Å². The number of rotatable bonds is 4. The summed E-state index contributed by atoms with van der Waals surface area (Å²) in [6.45, 7) is 5.39. The van der Waals surface area contributed by atoms with Crippen LogP contribution in [0.1, 0.15) is 51.6 Å². The van der Waals surface area contributed by atoms with E-state index in [-0.39, 0.29) is 17.7 Å². The summed E-state index contributed by atoms with van der Waals surface area (Å²) in [7, 11) is 0. The molecular formula is C22H26N2O2. The molecule has 2 aromatic carbocycles. The zero-order valence-corrected chi connectivity index (χ0v) is 15.4. The molecule has 0 aromatic heterocycles. The fourth-order valence-corrected chi connectivity index (χ4v) is 3.53. The fraction of sp³-hybridized carbons (Fsp3) is 0.364. The predicted octanol–water partition coefficient (Wildman–Crippen LogP) is 3.43. The molecule has 0 aliphatic carbocycles. The van der Waals surface area contributed by atoms with Crippen molar-refractivity contribution in [2.24, 2.45) is 11.7 Å². The first-order chi connectivity index (χ1) is 12.5. The van der Waals surface area contributed by atoms with Crippen LogP contribution in [0.4, 0.5) is 0 Å². The molecule has 0 saturated carbocycles. The number of piperidine rings is 1. The lowest BCUT2D eigenvalue weighted by molar-refractivity contribution is 0.0677. The van der Waals surface area contributed by atoms with Crippen molar-refractivity contribution in [3.05, 3.63) is 70.8 Å². The number of hydrogen-bond donors (Lipinski definition) is 1. The van der Waals surface area contributed by atoms with E-state index in [2.05, 4.69) is 0 Å². The van der Waals surface area contributed by atoms with Gasteiger partial charge in [0.25, 0.3) is 5.91 Å². The quantitative estimate of drug-likeness (QED) is 0.859. The number of ketones is 1. The highest BCUT2D eigenvalue weighted by molar-refractivity contribution is 6.15. The van der Waals surface area contributed by atoms with Gasteiger partial charge in [-0.05, 0) is 38.7 Å². The summed E-state index contributed by atoms with van der Waals surface area (Å²) < 4.78 is 0. The van der Waals surface area contributed by atoms with E-state index in [1.165, 1.54) is 0 Å². The van der Waals surface area contributed by atoms with Gasteiger partial charge in [0.1, 0.15) is 0 Å². The van der Waals surface area contributed by atoms with Crippen LogP contribution in [-0.4, -0.2) is 35.7 Å². The van der Waals surface area contributed by atoms with Crippen molar-refractivity contribution in [1.82, 2.24) is 4.90 Å². The monoisotopic (exact) mass is 350 g/mol. The van der Waals surface area contributed by atoms with Gasteiger partial charge in [0.15, 0.2) is 5.78 Å². The zero-order valence-electron chi connectivity index (χ0n) is 15.4. The molecule has 1 aliphatic heterocycles. The molecule has 1 fully saturated rings. The van der Waals surface area contributed by atoms with E-state index in [1.54, 1.807) is 18.2 Å². The first-order valence-electron chi connectivity index (χ1n) is 9.22. The average molecular weight is 350 g/mol. The molecule has 1 saturated heterocycles. The third-order valence-electron chi connectivity index (χ3n) is 5.29. The summed E-state index contributed by atoms with van der Waals surface area (Å²) in [5, 5.41) is 0. The zero-order chi connectivity index (χ0) is 18.7. The summed E-state index contributed by atoms with van der Waals surface area (Å²) in [5.74, 6) is 0.284. The molecule has 0 spiro atoms. The van der Waals surface area contributed by atoms with Crippen LogP contribution >= 0.6 is 0 Å². The molecular weight excluding hydrogens is 324 g/mol. The number of nitrogens with two attached hydrogens (primary N) is 1. The van der Waals surface area contributed by atoms with E-state index in [0.717, 1.165) is 18.4 Å². The molecule has 2 N–H and O–H groups in total. The number of aryl methyl sites for hydroxylation is 1. The van der Waals surface area contributed by atoms with E-state index >= 15 is 0 Å². The maximum absolute atomic E-state index is 13.0. The minimum absolute atomic E-state index is 0.0656. The van der Waals surface area contributed by atoms with Crippen molar-refractivity contribution in [3.8, 4) is 0 Å². The van der Waals surface area contributed by atoms with Gasteiger partial charge in [0.05, 0.1) is 5.56 Å². The molecule has 2 aromatic rings. The molecule has 26 heavy (non-hydrogen) atoms. The normalized spacial score (nSPS) is 16.3. The smallest absolute Gasteiger partial charge is 0.254 e. The second-order valence-electron chi connectivity index (χ2n) is 7.23. The molecule has 1 heterocycles. The van der Waals surface area contributed by atoms with Crippen LogP contribution in [0, 0.1) is 12.8 Å². The molecule has 1 amide bonds. The number of benzene rings is 2. The van der Waals surface area contributed by atoms with Crippen LogP contribution in [0.3, 0.4) is 0 Å². The molecule has 0 radical (unpaired) electrons. The van der Waals surface area contributed by atoms with Gasteiger partial charge >= 0.3 is 0 Å². The second kappa shape index (κ2) is 7.83. The largest absolute Gasteiger partial charge is 0.339 e. The van der Waals surface area contributed by atoms with Gasteiger partial charge in [-0.1, -0.05) is 48.0 Å². The lowest BCUT2D eigenvalue weighted by Crippen LogP contribution is -2.42. The molecule has 1 unspecified atom stereocenters. The van der Waals surface area contributed by atoms with Crippen molar-refractivity contribution in [3.63, 3.8) is 0 Å². The van der Waals surface area contributed by atoms with Gasteiger partial charge in [0.2, 0.25) is 0 Å². The SMILES string of the molecule is Cc1ccc(C(=O)c2ccccc2C(=O)N2CCC(C(C)N)CC2)cc1. The summed E-state index contributed by atoms with van der Waals surface area (Å²) in [4.78, 5) is 27.8. The summed E-state index contributed by atoms with van der Waals surface area (Å²) in [6.07, 6.45) is 1.83. The average Bonchev–Trinajstić information content (AvgIpc) is 2.67. The van der Waals surface area contributed by atoms with Gasteiger partial charge in [-0.15, -0.1) is 0 Å². The molecule has 1 atom stereocenters. The highest BCUT2D eigenvalue weighted by Crippen LogP contribution is 2.23. The molecule has 1 aliphatic rings. The number of amides is 1. The number of hydrogen-bond acceptors (Lipinski definition) is 3. The summed E-state index contributed by atoms with van der Waals surface area (Å²) in [6, 6.07) is 14.7. The van der Waals surface area contributed by atoms with Gasteiger partial charge in [-0.2, -0.15) is 0 Å². The Morgan fingerprint density at radius 1 is 1.00 bits per heavy atom. The lowest BCUT2D eigenvalue weighted by atomic mass is 9.90. The molecule has 3 rings (SSSR count). The number of nitrogens with zero attached hydrogens (tertiary/aromatic N) is 1. The number of likely N-dealkylation sites (tertiary alicyclic amines) is 1. The molecule has 4 heteroatoms. The van der Waals surface area contributed by atoms with Crippen LogP contribution < -0.4 is 5.73 Å². The summed E-state index contributed by atoms with van der Waals surface area (Å²) >= 11 is 0. The standard InChI is InChI=1S/C22H26N2O2/c1-15-7-9-18(10-8-15)21(25)19-5-3-4-6-20(19)22(26)24-13-11-17(12-14-24)16(2)23/h3-10,16-17H,11-14,23H2,1-2H3. The van der Waals surface area contributed by atoms with Crippen molar-refractivity contribution in [2.75, 3.05) is 13.1 Å². The predicted molar refractivity (Wildman–Crippen MR) is 103 cm³/mol. The maximum Gasteiger partial charge on any atom is 0.254 e. The Hall–Kier alpha value is -2.46. The van der Waals surface area contributed by atoms with Gasteiger partial charge < -0.3 is 10.6 Å². The minimum atomic E-state index is -0.112. The Labute approximate surface area is 155 Å². The second-order valence-corrected chi connectivity index (χ2v) is 7.23. The first kappa shape index (κ1) is 18.3. The Bertz CT molecular complexity index is 788. The number of carbonyl (C=O) groups excluding carboxylic acids is 2. The minimum Gasteiger partial charge on any atom is -0.339 e. The Balaban J connectivity index is 1.82. The van der Waals surface area contributed by atoms with E-state index < -0.39 is 0 Å². The summed E-state index contributed by atoms with van der Waals surface area (Å²) in [5.41, 5.74) is 8.65. The van der Waals surface area contributed by atoms with Crippen LogP contribution in [0.2, 0.25) is 0 Å². The Kier molecular flexibility index (Phi) is 5.52. The number of carbonyl (C=O) groups is 2. The van der Waals surface area contributed by atoms with E-state index in [9.17, 15) is 9.59 Å². The van der Waals surface area contributed by atoms with Crippen molar-refractivity contribution >= 4 is 11.7 Å². The van der Waals surface area contributed by atoms with E-state index in [0.29, 0.717) is 35.7 Å². The Morgan fingerprint density at radius 2 is 1.58 bits per heavy atom. The van der Waals surface area contributed by atoms with Crippen molar-refractivity contribution in [2.45, 2.75) is 32.7 Å². The topological polar surface area (TPSA) is 63.4 Å². The highest BCUT2D eigenvalue weighted by atomic mass is 16.2. The molecule has 4 nitrogen and oxygen atoms in total. The fourth-order valence-electron chi connectivity index (χ4n) is 3.53. The van der Waals surface area contributed by atoms with Gasteiger partial charge in [0, 0.05) is 30.3 Å². The molecule has 0 bridgehead atoms. The Morgan fingerprint density at radius 3 is 2.15 bits per heavy atom. The lowest BCUT2D eigenvalue weighted by Gasteiger charge is -2.34. The van der Waals surface area contributed by atoms with Crippen LogP contribution in [0.25, 0.3) is 0 Å². The van der Waals surface area contributed by atoms with E-state index in [1.807, 2.05) is 49.1 Å². The first-order valence-corrected chi connectivity index (χ1v) is 9.22.